The molecule has 1 aliphatic heterocycles. The quantitative estimate of drug-likeness (QED) is 0.868. The number of fused-ring (bicyclic) bond motifs is 1. The van der Waals surface area contributed by atoms with Gasteiger partial charge in [-0.1, -0.05) is 31.2 Å². The van der Waals surface area contributed by atoms with Crippen molar-refractivity contribution in [3.05, 3.63) is 24.3 Å². The molecule has 0 unspecified atom stereocenters. The highest BCUT2D eigenvalue weighted by molar-refractivity contribution is 5.85. The summed E-state index contributed by atoms with van der Waals surface area (Å²) in [7, 11) is 0. The molecule has 3 rings (SSSR count). The molecule has 0 saturated carbocycles. The van der Waals surface area contributed by atoms with E-state index in [0.717, 1.165) is 30.5 Å². The van der Waals surface area contributed by atoms with Gasteiger partial charge < -0.3 is 4.90 Å². The third kappa shape index (κ3) is 3.95. The molecular formula is C16H25ClN4. The van der Waals surface area contributed by atoms with Crippen LogP contribution in [0.25, 0.3) is 11.0 Å². The minimum Gasteiger partial charge on any atom is -0.303 e. The summed E-state index contributed by atoms with van der Waals surface area (Å²) in [4.78, 5) is 2.60. The molecule has 116 valence electrons. The van der Waals surface area contributed by atoms with Crippen LogP contribution < -0.4 is 0 Å². The van der Waals surface area contributed by atoms with Gasteiger partial charge in [-0.05, 0) is 49.9 Å². The molecule has 21 heavy (non-hydrogen) atoms. The Kier molecular flexibility index (Phi) is 5.22. The van der Waals surface area contributed by atoms with Crippen molar-refractivity contribution in [1.82, 2.24) is 19.9 Å². The van der Waals surface area contributed by atoms with Gasteiger partial charge in [0.2, 0.25) is 0 Å². The zero-order chi connectivity index (χ0) is 14.0. The number of piperidine rings is 1. The Morgan fingerprint density at radius 2 is 2.00 bits per heavy atom. The lowest BCUT2D eigenvalue weighted by Crippen LogP contribution is -2.40. The highest BCUT2D eigenvalue weighted by atomic mass is 35.5. The van der Waals surface area contributed by atoms with Gasteiger partial charge in [-0.3, -0.25) is 0 Å². The van der Waals surface area contributed by atoms with Gasteiger partial charge in [0.05, 0.1) is 5.52 Å². The van der Waals surface area contributed by atoms with Crippen LogP contribution in [0, 0.1) is 5.41 Å². The normalized spacial score (nSPS) is 18.6. The van der Waals surface area contributed by atoms with E-state index >= 15 is 0 Å². The molecule has 0 atom stereocenters. The molecule has 0 spiro atoms. The van der Waals surface area contributed by atoms with Gasteiger partial charge in [-0.15, -0.1) is 17.5 Å². The first-order valence-electron chi connectivity index (χ1n) is 7.65. The molecular weight excluding hydrogens is 284 g/mol. The highest BCUT2D eigenvalue weighted by Gasteiger charge is 2.25. The first kappa shape index (κ1) is 16.2. The lowest BCUT2D eigenvalue weighted by Gasteiger charge is -2.38. The van der Waals surface area contributed by atoms with E-state index < -0.39 is 0 Å². The van der Waals surface area contributed by atoms with E-state index in [9.17, 15) is 0 Å². The zero-order valence-corrected chi connectivity index (χ0v) is 13.8. The van der Waals surface area contributed by atoms with E-state index in [4.69, 9.17) is 0 Å². The second kappa shape index (κ2) is 6.75. The second-order valence-electron chi connectivity index (χ2n) is 6.70. The van der Waals surface area contributed by atoms with Crippen molar-refractivity contribution in [3.8, 4) is 0 Å². The Morgan fingerprint density at radius 3 is 2.81 bits per heavy atom. The number of nitrogens with zero attached hydrogens (tertiary/aromatic N) is 4. The monoisotopic (exact) mass is 308 g/mol. The Balaban J connectivity index is 0.00000161. The van der Waals surface area contributed by atoms with Crippen LogP contribution in [0.3, 0.4) is 0 Å². The van der Waals surface area contributed by atoms with Crippen molar-refractivity contribution >= 4 is 23.4 Å². The van der Waals surface area contributed by atoms with Crippen LogP contribution in [0.2, 0.25) is 0 Å². The summed E-state index contributed by atoms with van der Waals surface area (Å²) in [6.07, 6.45) is 3.83. The van der Waals surface area contributed by atoms with Gasteiger partial charge in [-0.25, -0.2) is 4.68 Å². The molecule has 0 radical (unpaired) electrons. The standard InChI is InChI=1S/C16H24N4.ClH/c1-16(2)9-5-10-19(13-16)11-6-12-20-15-8-4-3-7-14(15)17-18-20;/h3-4,7-8H,5-6,9-13H2,1-2H3;1H. The number of halogens is 1. The van der Waals surface area contributed by atoms with Crippen LogP contribution in [0.1, 0.15) is 33.1 Å². The van der Waals surface area contributed by atoms with Crippen molar-refractivity contribution in [1.29, 1.82) is 0 Å². The van der Waals surface area contributed by atoms with Crippen LogP contribution in [0.5, 0.6) is 0 Å². The van der Waals surface area contributed by atoms with Gasteiger partial charge in [0.25, 0.3) is 0 Å². The third-order valence-corrected chi connectivity index (χ3v) is 4.24. The van der Waals surface area contributed by atoms with Crippen molar-refractivity contribution in [2.75, 3.05) is 19.6 Å². The van der Waals surface area contributed by atoms with E-state index in [1.54, 1.807) is 0 Å². The molecule has 0 N–H and O–H groups in total. The van der Waals surface area contributed by atoms with Crippen molar-refractivity contribution in [2.45, 2.75) is 39.7 Å². The Bertz CT molecular complexity index is 578. The number of benzene rings is 1. The fraction of sp³-hybridized carbons (Fsp3) is 0.625. The minimum atomic E-state index is 0. The molecule has 2 heterocycles. The number of para-hydroxylation sites is 1. The fourth-order valence-corrected chi connectivity index (χ4v) is 3.26. The largest absolute Gasteiger partial charge is 0.303 e. The van der Waals surface area contributed by atoms with Gasteiger partial charge in [0.15, 0.2) is 0 Å². The lowest BCUT2D eigenvalue weighted by molar-refractivity contribution is 0.115. The predicted molar refractivity (Wildman–Crippen MR) is 88.8 cm³/mol. The van der Waals surface area contributed by atoms with Gasteiger partial charge in [0, 0.05) is 13.1 Å². The molecule has 2 aromatic rings. The second-order valence-corrected chi connectivity index (χ2v) is 6.70. The van der Waals surface area contributed by atoms with Crippen LogP contribution >= 0.6 is 12.4 Å². The average Bonchev–Trinajstić information content (AvgIpc) is 2.81. The molecule has 1 aliphatic rings. The Hall–Kier alpha value is -1.13. The number of aromatic nitrogens is 3. The fourth-order valence-electron chi connectivity index (χ4n) is 3.26. The van der Waals surface area contributed by atoms with E-state index in [1.165, 1.54) is 25.9 Å². The first-order chi connectivity index (χ1) is 9.64. The van der Waals surface area contributed by atoms with Gasteiger partial charge >= 0.3 is 0 Å². The summed E-state index contributed by atoms with van der Waals surface area (Å²) >= 11 is 0. The van der Waals surface area contributed by atoms with E-state index in [2.05, 4.69) is 41.2 Å². The van der Waals surface area contributed by atoms with Crippen LogP contribution in [0.15, 0.2) is 24.3 Å². The molecule has 0 bridgehead atoms. The number of rotatable bonds is 4. The van der Waals surface area contributed by atoms with E-state index in [1.807, 2.05) is 16.8 Å². The molecule has 0 aliphatic carbocycles. The number of hydrogen-bond acceptors (Lipinski definition) is 3. The van der Waals surface area contributed by atoms with Crippen LogP contribution in [0.4, 0.5) is 0 Å². The van der Waals surface area contributed by atoms with Crippen LogP contribution in [-0.4, -0.2) is 39.5 Å². The summed E-state index contributed by atoms with van der Waals surface area (Å²) in [5.74, 6) is 0. The van der Waals surface area contributed by atoms with Crippen molar-refractivity contribution in [2.24, 2.45) is 5.41 Å². The number of likely N-dealkylation sites (tertiary alicyclic amines) is 1. The number of hydrogen-bond donors (Lipinski definition) is 0. The van der Waals surface area contributed by atoms with Gasteiger partial charge in [-0.2, -0.15) is 0 Å². The molecule has 1 aromatic carbocycles. The summed E-state index contributed by atoms with van der Waals surface area (Å²) in [5, 5.41) is 8.46. The van der Waals surface area contributed by atoms with E-state index in [-0.39, 0.29) is 12.4 Å². The summed E-state index contributed by atoms with van der Waals surface area (Å²) in [5.41, 5.74) is 2.62. The first-order valence-corrected chi connectivity index (χ1v) is 7.65. The molecule has 1 saturated heterocycles. The SMILES string of the molecule is CC1(C)CCCN(CCCn2nnc3ccccc32)C1.Cl. The molecule has 5 heteroatoms. The van der Waals surface area contributed by atoms with E-state index in [0.29, 0.717) is 5.41 Å². The summed E-state index contributed by atoms with van der Waals surface area (Å²) in [6, 6.07) is 8.18. The minimum absolute atomic E-state index is 0. The molecule has 0 amide bonds. The Labute approximate surface area is 132 Å². The van der Waals surface area contributed by atoms with Crippen LogP contribution in [-0.2, 0) is 6.54 Å². The van der Waals surface area contributed by atoms with Crippen molar-refractivity contribution < 1.29 is 0 Å². The molecule has 1 aromatic heterocycles. The highest BCUT2D eigenvalue weighted by Crippen LogP contribution is 2.28. The maximum Gasteiger partial charge on any atom is 0.113 e. The summed E-state index contributed by atoms with van der Waals surface area (Å²) < 4.78 is 2.03. The van der Waals surface area contributed by atoms with Crippen molar-refractivity contribution in [3.63, 3.8) is 0 Å². The molecule has 1 fully saturated rings. The van der Waals surface area contributed by atoms with Gasteiger partial charge in [0.1, 0.15) is 5.52 Å². The predicted octanol–water partition coefficient (Wildman–Crippen LogP) is 3.37. The summed E-state index contributed by atoms with van der Waals surface area (Å²) in [6.45, 7) is 9.36. The number of aryl methyl sites for hydroxylation is 1. The maximum atomic E-state index is 4.25. The molecule has 4 nitrogen and oxygen atoms in total. The third-order valence-electron chi connectivity index (χ3n) is 4.24. The maximum absolute atomic E-state index is 4.25. The topological polar surface area (TPSA) is 34.0 Å². The smallest absolute Gasteiger partial charge is 0.113 e. The lowest BCUT2D eigenvalue weighted by atomic mass is 9.84. The average molecular weight is 309 g/mol. The Morgan fingerprint density at radius 1 is 1.19 bits per heavy atom. The zero-order valence-electron chi connectivity index (χ0n) is 13.0.